The van der Waals surface area contributed by atoms with Crippen LogP contribution in [0, 0.1) is 6.92 Å². The molecule has 0 saturated carbocycles. The molecule has 1 amide bonds. The molecule has 72 valence electrons. The summed E-state index contributed by atoms with van der Waals surface area (Å²) in [5.41, 5.74) is 0.854. The van der Waals surface area contributed by atoms with Gasteiger partial charge in [-0.1, -0.05) is 15.9 Å². The SMILES string of the molecule is Cc1nn(C)c(NC(=O)CBr)c1Br. The Kier molecular flexibility index (Phi) is 3.49. The number of nitrogens with zero attached hydrogens (tertiary/aromatic N) is 2. The van der Waals surface area contributed by atoms with E-state index in [1.165, 1.54) is 0 Å². The second-order valence-electron chi connectivity index (χ2n) is 2.55. The third-order valence-electron chi connectivity index (χ3n) is 1.53. The van der Waals surface area contributed by atoms with E-state index in [-0.39, 0.29) is 11.2 Å². The highest BCUT2D eigenvalue weighted by Gasteiger charge is 2.12. The lowest BCUT2D eigenvalue weighted by molar-refractivity contribution is -0.113. The third-order valence-corrected chi connectivity index (χ3v) is 2.99. The highest BCUT2D eigenvalue weighted by atomic mass is 79.9. The monoisotopic (exact) mass is 309 g/mol. The Balaban J connectivity index is 2.94. The van der Waals surface area contributed by atoms with Gasteiger partial charge in [0, 0.05) is 7.05 Å². The number of anilines is 1. The van der Waals surface area contributed by atoms with Crippen molar-refractivity contribution in [3.05, 3.63) is 10.2 Å². The Morgan fingerprint density at radius 2 is 2.31 bits per heavy atom. The molecule has 0 aliphatic heterocycles. The summed E-state index contributed by atoms with van der Waals surface area (Å²) < 4.78 is 2.45. The summed E-state index contributed by atoms with van der Waals surface area (Å²) in [7, 11) is 1.78. The first-order valence-electron chi connectivity index (χ1n) is 3.61. The van der Waals surface area contributed by atoms with Gasteiger partial charge in [0.2, 0.25) is 5.91 Å². The highest BCUT2D eigenvalue weighted by molar-refractivity contribution is 9.10. The first kappa shape index (κ1) is 10.7. The third kappa shape index (κ3) is 2.31. The van der Waals surface area contributed by atoms with Crippen molar-refractivity contribution in [2.75, 3.05) is 10.6 Å². The van der Waals surface area contributed by atoms with Crippen LogP contribution in [0.2, 0.25) is 0 Å². The molecule has 0 aliphatic rings. The van der Waals surface area contributed by atoms with E-state index in [1.54, 1.807) is 11.7 Å². The summed E-state index contributed by atoms with van der Waals surface area (Å²) in [5, 5.41) is 7.14. The van der Waals surface area contributed by atoms with Crippen molar-refractivity contribution in [1.29, 1.82) is 0 Å². The topological polar surface area (TPSA) is 46.9 Å². The minimum atomic E-state index is -0.0938. The van der Waals surface area contributed by atoms with Gasteiger partial charge in [0.05, 0.1) is 15.5 Å². The fraction of sp³-hybridized carbons (Fsp3) is 0.429. The van der Waals surface area contributed by atoms with E-state index < -0.39 is 0 Å². The summed E-state index contributed by atoms with van der Waals surface area (Å²) in [4.78, 5) is 11.1. The van der Waals surface area contributed by atoms with Crippen molar-refractivity contribution in [3.8, 4) is 0 Å². The van der Waals surface area contributed by atoms with Crippen molar-refractivity contribution < 1.29 is 4.79 Å². The molecule has 0 aliphatic carbocycles. The number of halogens is 2. The van der Waals surface area contributed by atoms with Crippen LogP contribution in [0.1, 0.15) is 5.69 Å². The average Bonchev–Trinajstić information content (AvgIpc) is 2.32. The molecule has 1 rings (SSSR count). The molecule has 1 heterocycles. The lowest BCUT2D eigenvalue weighted by Crippen LogP contribution is -2.15. The second-order valence-corrected chi connectivity index (χ2v) is 3.91. The Hall–Kier alpha value is -0.360. The molecule has 1 aromatic rings. The van der Waals surface area contributed by atoms with Gasteiger partial charge in [-0.25, -0.2) is 0 Å². The van der Waals surface area contributed by atoms with E-state index in [9.17, 15) is 4.79 Å². The molecule has 0 unspecified atom stereocenters. The molecule has 0 fully saturated rings. The van der Waals surface area contributed by atoms with E-state index >= 15 is 0 Å². The maximum Gasteiger partial charge on any atom is 0.236 e. The zero-order valence-corrected chi connectivity index (χ0v) is 10.4. The molecule has 4 nitrogen and oxygen atoms in total. The van der Waals surface area contributed by atoms with Crippen LogP contribution in [-0.2, 0) is 11.8 Å². The lowest BCUT2D eigenvalue weighted by Gasteiger charge is -2.03. The molecular weight excluding hydrogens is 302 g/mol. The van der Waals surface area contributed by atoms with E-state index in [0.717, 1.165) is 10.2 Å². The lowest BCUT2D eigenvalue weighted by atomic mass is 10.4. The van der Waals surface area contributed by atoms with Gasteiger partial charge in [-0.15, -0.1) is 0 Å². The number of alkyl halides is 1. The number of hydrogen-bond donors (Lipinski definition) is 1. The maximum absolute atomic E-state index is 11.1. The molecule has 0 bridgehead atoms. The number of carbonyl (C=O) groups excluding carboxylic acids is 1. The Bertz CT molecular complexity index is 335. The van der Waals surface area contributed by atoms with Crippen LogP contribution in [0.4, 0.5) is 5.82 Å². The predicted molar refractivity (Wildman–Crippen MR) is 58.1 cm³/mol. The van der Waals surface area contributed by atoms with Crippen molar-refractivity contribution in [2.45, 2.75) is 6.92 Å². The van der Waals surface area contributed by atoms with Crippen molar-refractivity contribution in [3.63, 3.8) is 0 Å². The molecule has 1 N–H and O–H groups in total. The zero-order valence-electron chi connectivity index (χ0n) is 7.27. The molecule has 0 radical (unpaired) electrons. The molecule has 0 aromatic carbocycles. The van der Waals surface area contributed by atoms with Crippen LogP contribution >= 0.6 is 31.9 Å². The normalized spacial score (nSPS) is 10.2. The summed E-state index contributed by atoms with van der Waals surface area (Å²) in [6, 6.07) is 0. The number of aryl methyl sites for hydroxylation is 2. The fourth-order valence-electron chi connectivity index (χ4n) is 0.934. The van der Waals surface area contributed by atoms with Gasteiger partial charge in [-0.2, -0.15) is 5.10 Å². The van der Waals surface area contributed by atoms with E-state index in [0.29, 0.717) is 5.82 Å². The van der Waals surface area contributed by atoms with Crippen LogP contribution < -0.4 is 5.32 Å². The molecule has 13 heavy (non-hydrogen) atoms. The van der Waals surface area contributed by atoms with E-state index in [1.807, 2.05) is 6.92 Å². The van der Waals surface area contributed by atoms with Crippen LogP contribution in [-0.4, -0.2) is 21.0 Å². The van der Waals surface area contributed by atoms with Crippen LogP contribution in [0.3, 0.4) is 0 Å². The molecular formula is C7H9Br2N3O. The van der Waals surface area contributed by atoms with Crippen LogP contribution in [0.5, 0.6) is 0 Å². The summed E-state index contributed by atoms with van der Waals surface area (Å²) in [5.74, 6) is 0.589. The van der Waals surface area contributed by atoms with Gasteiger partial charge < -0.3 is 5.32 Å². The van der Waals surface area contributed by atoms with E-state index in [4.69, 9.17) is 0 Å². The van der Waals surface area contributed by atoms with Gasteiger partial charge in [-0.05, 0) is 22.9 Å². The van der Waals surface area contributed by atoms with Gasteiger partial charge >= 0.3 is 0 Å². The standard InChI is InChI=1S/C7H9Br2N3O/c1-4-6(9)7(12(2)11-4)10-5(13)3-8/h3H2,1-2H3,(H,10,13). The quantitative estimate of drug-likeness (QED) is 0.847. The van der Waals surface area contributed by atoms with Gasteiger partial charge in [-0.3, -0.25) is 9.48 Å². The number of amides is 1. The van der Waals surface area contributed by atoms with Crippen molar-refractivity contribution in [1.82, 2.24) is 9.78 Å². The largest absolute Gasteiger partial charge is 0.309 e. The zero-order chi connectivity index (χ0) is 10.0. The summed E-state index contributed by atoms with van der Waals surface area (Å²) in [6.45, 7) is 1.87. The van der Waals surface area contributed by atoms with E-state index in [2.05, 4.69) is 42.3 Å². The molecule has 6 heteroatoms. The summed E-state index contributed by atoms with van der Waals surface area (Å²) in [6.07, 6.45) is 0. The smallest absolute Gasteiger partial charge is 0.236 e. The highest BCUT2D eigenvalue weighted by Crippen LogP contribution is 2.24. The van der Waals surface area contributed by atoms with Crippen molar-refractivity contribution >= 4 is 43.6 Å². The number of carbonyl (C=O) groups is 1. The number of hydrogen-bond acceptors (Lipinski definition) is 2. The summed E-state index contributed by atoms with van der Waals surface area (Å²) >= 11 is 6.42. The number of aromatic nitrogens is 2. The second kappa shape index (κ2) is 4.23. The first-order valence-corrected chi connectivity index (χ1v) is 5.52. The number of rotatable bonds is 2. The number of nitrogens with one attached hydrogen (secondary N) is 1. The Morgan fingerprint density at radius 3 is 2.69 bits per heavy atom. The first-order chi connectivity index (χ1) is 6.06. The average molecular weight is 311 g/mol. The Morgan fingerprint density at radius 1 is 1.69 bits per heavy atom. The van der Waals surface area contributed by atoms with Gasteiger partial charge in [0.1, 0.15) is 5.82 Å². The molecule has 0 atom stereocenters. The Labute approximate surface area is 92.9 Å². The molecule has 0 spiro atoms. The maximum atomic E-state index is 11.1. The minimum absolute atomic E-state index is 0.0938. The minimum Gasteiger partial charge on any atom is -0.309 e. The van der Waals surface area contributed by atoms with Gasteiger partial charge in [0.15, 0.2) is 0 Å². The van der Waals surface area contributed by atoms with Crippen LogP contribution in [0.15, 0.2) is 4.47 Å². The van der Waals surface area contributed by atoms with Crippen LogP contribution in [0.25, 0.3) is 0 Å². The van der Waals surface area contributed by atoms with Crippen molar-refractivity contribution in [2.24, 2.45) is 7.05 Å². The molecule has 0 saturated heterocycles. The van der Waals surface area contributed by atoms with Gasteiger partial charge in [0.25, 0.3) is 0 Å². The predicted octanol–water partition coefficient (Wildman–Crippen LogP) is 1.82. The molecule has 1 aromatic heterocycles. The fourth-order valence-corrected chi connectivity index (χ4v) is 1.51.